The Kier molecular flexibility index (Phi) is 6.26. The number of piperazine rings is 1. The second kappa shape index (κ2) is 8.64. The van der Waals surface area contributed by atoms with Gasteiger partial charge in [0.05, 0.1) is 25.5 Å². The Morgan fingerprint density at radius 2 is 1.58 bits per heavy atom. The van der Waals surface area contributed by atoms with E-state index >= 15 is 0 Å². The van der Waals surface area contributed by atoms with Crippen molar-refractivity contribution in [3.8, 4) is 0 Å². The number of aryl methyl sites for hydroxylation is 2. The van der Waals surface area contributed by atoms with Crippen molar-refractivity contribution >= 4 is 11.8 Å². The van der Waals surface area contributed by atoms with Gasteiger partial charge in [0.2, 0.25) is 11.8 Å². The maximum Gasteiger partial charge on any atom is 0.236 e. The SMILES string of the molecule is Cc1noc(C)c1CCC(=O)N1CCN(C(=O)CN2CCOCC2)CC1. The molecule has 0 unspecified atom stereocenters. The van der Waals surface area contributed by atoms with Crippen molar-refractivity contribution in [1.29, 1.82) is 0 Å². The molecule has 2 aliphatic rings. The predicted molar refractivity (Wildman–Crippen MR) is 94.7 cm³/mol. The number of aromatic nitrogens is 1. The molecule has 0 atom stereocenters. The Morgan fingerprint density at radius 1 is 0.962 bits per heavy atom. The molecule has 0 bridgehead atoms. The Hall–Kier alpha value is -1.93. The molecule has 0 spiro atoms. The van der Waals surface area contributed by atoms with Gasteiger partial charge in [-0.15, -0.1) is 0 Å². The normalized spacial score (nSPS) is 19.0. The fourth-order valence-corrected chi connectivity index (χ4v) is 3.50. The quantitative estimate of drug-likeness (QED) is 0.744. The number of ether oxygens (including phenoxy) is 1. The highest BCUT2D eigenvalue weighted by Crippen LogP contribution is 2.15. The summed E-state index contributed by atoms with van der Waals surface area (Å²) in [5.41, 5.74) is 1.88. The molecule has 144 valence electrons. The van der Waals surface area contributed by atoms with Crippen LogP contribution in [0, 0.1) is 13.8 Å². The zero-order chi connectivity index (χ0) is 18.5. The summed E-state index contributed by atoms with van der Waals surface area (Å²) in [7, 11) is 0. The summed E-state index contributed by atoms with van der Waals surface area (Å²) in [5, 5.41) is 3.93. The fraction of sp³-hybridized carbons (Fsp3) is 0.722. The summed E-state index contributed by atoms with van der Waals surface area (Å²) in [6.07, 6.45) is 1.10. The zero-order valence-corrected chi connectivity index (χ0v) is 15.7. The topological polar surface area (TPSA) is 79.1 Å². The maximum absolute atomic E-state index is 12.5. The predicted octanol–water partition coefficient (Wildman–Crippen LogP) is 0.227. The first-order chi connectivity index (χ1) is 12.5. The molecule has 2 amide bonds. The lowest BCUT2D eigenvalue weighted by Crippen LogP contribution is -2.53. The molecule has 3 heterocycles. The molecule has 0 aromatic carbocycles. The van der Waals surface area contributed by atoms with Crippen LogP contribution in [-0.2, 0) is 20.7 Å². The molecule has 2 aliphatic heterocycles. The van der Waals surface area contributed by atoms with Gasteiger partial charge in [-0.25, -0.2) is 0 Å². The van der Waals surface area contributed by atoms with Crippen molar-refractivity contribution in [2.45, 2.75) is 26.7 Å². The van der Waals surface area contributed by atoms with Crippen LogP contribution in [0.15, 0.2) is 4.52 Å². The lowest BCUT2D eigenvalue weighted by atomic mass is 10.1. The van der Waals surface area contributed by atoms with Gasteiger partial charge in [-0.2, -0.15) is 0 Å². The Labute approximate surface area is 154 Å². The van der Waals surface area contributed by atoms with E-state index in [1.807, 2.05) is 23.6 Å². The van der Waals surface area contributed by atoms with Gasteiger partial charge in [-0.05, 0) is 20.3 Å². The first-order valence-electron chi connectivity index (χ1n) is 9.32. The second-order valence-electron chi connectivity index (χ2n) is 6.95. The molecule has 0 radical (unpaired) electrons. The van der Waals surface area contributed by atoms with Gasteiger partial charge in [0, 0.05) is 51.3 Å². The van der Waals surface area contributed by atoms with E-state index in [2.05, 4.69) is 10.1 Å². The smallest absolute Gasteiger partial charge is 0.236 e. The number of rotatable bonds is 5. The fourth-order valence-electron chi connectivity index (χ4n) is 3.50. The van der Waals surface area contributed by atoms with Crippen LogP contribution >= 0.6 is 0 Å². The van der Waals surface area contributed by atoms with Crippen LogP contribution in [0.25, 0.3) is 0 Å². The highest BCUT2D eigenvalue weighted by Gasteiger charge is 2.25. The summed E-state index contributed by atoms with van der Waals surface area (Å²) < 4.78 is 10.5. The Balaban J connectivity index is 1.41. The number of carbonyl (C=O) groups excluding carboxylic acids is 2. The third-order valence-electron chi connectivity index (χ3n) is 5.22. The molecular weight excluding hydrogens is 336 g/mol. The summed E-state index contributed by atoms with van der Waals surface area (Å²) in [4.78, 5) is 30.7. The molecular formula is C18H28N4O4. The van der Waals surface area contributed by atoms with Crippen molar-refractivity contribution in [3.05, 3.63) is 17.0 Å². The van der Waals surface area contributed by atoms with E-state index < -0.39 is 0 Å². The van der Waals surface area contributed by atoms with E-state index in [-0.39, 0.29) is 11.8 Å². The standard InChI is InChI=1S/C18H28N4O4/c1-14-16(15(2)26-19-14)3-4-17(23)21-5-7-22(8-6-21)18(24)13-20-9-11-25-12-10-20/h3-13H2,1-2H3. The van der Waals surface area contributed by atoms with Crippen molar-refractivity contribution in [3.63, 3.8) is 0 Å². The van der Waals surface area contributed by atoms with E-state index in [4.69, 9.17) is 9.26 Å². The van der Waals surface area contributed by atoms with E-state index in [0.717, 1.165) is 30.1 Å². The zero-order valence-electron chi connectivity index (χ0n) is 15.7. The van der Waals surface area contributed by atoms with Gasteiger partial charge in [0.15, 0.2) is 0 Å². The van der Waals surface area contributed by atoms with E-state index in [9.17, 15) is 9.59 Å². The average Bonchev–Trinajstić information content (AvgIpc) is 2.98. The molecule has 2 saturated heterocycles. The van der Waals surface area contributed by atoms with Crippen molar-refractivity contribution in [1.82, 2.24) is 19.9 Å². The van der Waals surface area contributed by atoms with Crippen molar-refractivity contribution in [2.24, 2.45) is 0 Å². The van der Waals surface area contributed by atoms with Gasteiger partial charge in [-0.3, -0.25) is 14.5 Å². The van der Waals surface area contributed by atoms with Gasteiger partial charge in [0.1, 0.15) is 5.76 Å². The largest absolute Gasteiger partial charge is 0.379 e. The highest BCUT2D eigenvalue weighted by molar-refractivity contribution is 5.79. The third-order valence-corrected chi connectivity index (χ3v) is 5.22. The number of hydrogen-bond acceptors (Lipinski definition) is 6. The summed E-state index contributed by atoms with van der Waals surface area (Å²) in [6, 6.07) is 0. The molecule has 0 N–H and O–H groups in total. The molecule has 8 heteroatoms. The van der Waals surface area contributed by atoms with Crippen LogP contribution < -0.4 is 0 Å². The molecule has 0 aliphatic carbocycles. The summed E-state index contributed by atoms with van der Waals surface area (Å²) in [6.45, 7) is 9.67. The first-order valence-corrected chi connectivity index (χ1v) is 9.32. The lowest BCUT2D eigenvalue weighted by Gasteiger charge is -2.36. The van der Waals surface area contributed by atoms with Gasteiger partial charge in [0.25, 0.3) is 0 Å². The Morgan fingerprint density at radius 3 is 2.15 bits per heavy atom. The third kappa shape index (κ3) is 4.62. The molecule has 8 nitrogen and oxygen atoms in total. The maximum atomic E-state index is 12.5. The van der Waals surface area contributed by atoms with Crippen molar-refractivity contribution < 1.29 is 18.8 Å². The van der Waals surface area contributed by atoms with Crippen LogP contribution in [0.3, 0.4) is 0 Å². The molecule has 0 saturated carbocycles. The minimum absolute atomic E-state index is 0.130. The van der Waals surface area contributed by atoms with E-state index in [0.29, 0.717) is 58.8 Å². The monoisotopic (exact) mass is 364 g/mol. The highest BCUT2D eigenvalue weighted by atomic mass is 16.5. The summed E-state index contributed by atoms with van der Waals surface area (Å²) >= 11 is 0. The molecule has 2 fully saturated rings. The number of morpholine rings is 1. The second-order valence-corrected chi connectivity index (χ2v) is 6.95. The molecule has 3 rings (SSSR count). The van der Waals surface area contributed by atoms with E-state index in [1.54, 1.807) is 0 Å². The number of amides is 2. The van der Waals surface area contributed by atoms with E-state index in [1.165, 1.54) is 0 Å². The first kappa shape index (κ1) is 18.8. The lowest BCUT2D eigenvalue weighted by molar-refractivity contribution is -0.140. The minimum atomic E-state index is 0.130. The number of carbonyl (C=O) groups is 2. The average molecular weight is 364 g/mol. The van der Waals surface area contributed by atoms with Crippen LogP contribution in [0.2, 0.25) is 0 Å². The van der Waals surface area contributed by atoms with Crippen LogP contribution in [0.5, 0.6) is 0 Å². The molecule has 1 aromatic rings. The van der Waals surface area contributed by atoms with Crippen molar-refractivity contribution in [2.75, 3.05) is 59.0 Å². The van der Waals surface area contributed by atoms with Crippen LogP contribution in [0.4, 0.5) is 0 Å². The minimum Gasteiger partial charge on any atom is -0.379 e. The Bertz CT molecular complexity index is 612. The van der Waals surface area contributed by atoms with Gasteiger partial charge in [-0.1, -0.05) is 5.16 Å². The van der Waals surface area contributed by atoms with Crippen LogP contribution in [-0.4, -0.2) is 90.7 Å². The van der Waals surface area contributed by atoms with Gasteiger partial charge >= 0.3 is 0 Å². The van der Waals surface area contributed by atoms with Crippen LogP contribution in [0.1, 0.15) is 23.4 Å². The number of hydrogen-bond donors (Lipinski definition) is 0. The summed E-state index contributed by atoms with van der Waals surface area (Å²) in [5.74, 6) is 1.06. The number of nitrogens with zero attached hydrogens (tertiary/aromatic N) is 4. The molecule has 1 aromatic heterocycles. The molecule has 26 heavy (non-hydrogen) atoms. The van der Waals surface area contributed by atoms with Gasteiger partial charge < -0.3 is 19.1 Å².